The Balaban J connectivity index is 2.85. The maximum Gasteiger partial charge on any atom is 0.0597 e. The number of aryl methyl sites for hydroxylation is 2. The number of hydrogen-bond acceptors (Lipinski definition) is 2. The molecule has 0 aliphatic heterocycles. The van der Waals surface area contributed by atoms with E-state index in [1.54, 1.807) is 0 Å². The average molecular weight is 191 g/mol. The Labute approximate surface area is 85.3 Å². The maximum absolute atomic E-state index is 6.01. The minimum absolute atomic E-state index is 0.0244. The summed E-state index contributed by atoms with van der Waals surface area (Å²) in [5, 5.41) is 4.35. The highest BCUT2D eigenvalue weighted by molar-refractivity contribution is 5.15. The van der Waals surface area contributed by atoms with Crippen molar-refractivity contribution in [2.45, 2.75) is 39.8 Å². The molecule has 14 heavy (non-hydrogen) atoms. The number of rotatable bonds is 3. The van der Waals surface area contributed by atoms with Crippen LogP contribution in [0.15, 0.2) is 6.07 Å². The zero-order valence-corrected chi connectivity index (χ0v) is 9.04. The van der Waals surface area contributed by atoms with E-state index in [-0.39, 0.29) is 6.04 Å². The molecule has 1 heterocycles. The highest BCUT2D eigenvalue weighted by Gasteiger charge is 2.11. The molecule has 0 amide bonds. The fraction of sp³-hybridized carbons (Fsp3) is 0.545. The average Bonchev–Trinajstić information content (AvgIpc) is 2.56. The highest BCUT2D eigenvalue weighted by Crippen LogP contribution is 2.14. The Morgan fingerprint density at radius 3 is 2.93 bits per heavy atom. The molecule has 1 aromatic rings. The first-order valence-corrected chi connectivity index (χ1v) is 4.88. The molecule has 0 aliphatic rings. The van der Waals surface area contributed by atoms with Crippen LogP contribution in [0.3, 0.4) is 0 Å². The molecule has 0 saturated heterocycles. The lowest BCUT2D eigenvalue weighted by Gasteiger charge is -2.09. The fourth-order valence-electron chi connectivity index (χ4n) is 1.43. The van der Waals surface area contributed by atoms with Crippen molar-refractivity contribution in [2.75, 3.05) is 0 Å². The van der Waals surface area contributed by atoms with E-state index in [1.807, 2.05) is 24.6 Å². The van der Waals surface area contributed by atoms with Gasteiger partial charge >= 0.3 is 0 Å². The lowest BCUT2D eigenvalue weighted by molar-refractivity contribution is 0.574. The van der Waals surface area contributed by atoms with Crippen molar-refractivity contribution >= 4 is 0 Å². The maximum atomic E-state index is 6.01. The SMILES string of the molecule is CC#CCC(N)c1cc(C)nn1CC. The topological polar surface area (TPSA) is 43.8 Å². The molecule has 0 aromatic carbocycles. The number of aromatic nitrogens is 2. The van der Waals surface area contributed by atoms with Crippen LogP contribution < -0.4 is 5.73 Å². The second-order valence-corrected chi connectivity index (χ2v) is 3.26. The van der Waals surface area contributed by atoms with Gasteiger partial charge in [0.05, 0.1) is 17.4 Å². The third kappa shape index (κ3) is 2.36. The monoisotopic (exact) mass is 191 g/mol. The summed E-state index contributed by atoms with van der Waals surface area (Å²) in [5.74, 6) is 5.84. The minimum atomic E-state index is -0.0244. The second kappa shape index (κ2) is 4.83. The van der Waals surface area contributed by atoms with Crippen LogP contribution >= 0.6 is 0 Å². The summed E-state index contributed by atoms with van der Waals surface area (Å²) in [6.45, 7) is 6.73. The van der Waals surface area contributed by atoms with Crippen LogP contribution in [0.4, 0.5) is 0 Å². The van der Waals surface area contributed by atoms with Gasteiger partial charge in [-0.05, 0) is 26.8 Å². The first-order chi connectivity index (χ1) is 6.69. The Hall–Kier alpha value is -1.27. The number of nitrogens with zero attached hydrogens (tertiary/aromatic N) is 2. The van der Waals surface area contributed by atoms with E-state index in [2.05, 4.69) is 23.9 Å². The van der Waals surface area contributed by atoms with E-state index in [0.717, 1.165) is 17.9 Å². The molecule has 0 aliphatic carbocycles. The van der Waals surface area contributed by atoms with Crippen molar-refractivity contribution in [1.29, 1.82) is 0 Å². The molecular weight excluding hydrogens is 174 g/mol. The van der Waals surface area contributed by atoms with Crippen molar-refractivity contribution in [3.05, 3.63) is 17.5 Å². The van der Waals surface area contributed by atoms with Gasteiger partial charge in [-0.3, -0.25) is 4.68 Å². The molecule has 0 radical (unpaired) electrons. The van der Waals surface area contributed by atoms with Gasteiger partial charge in [0.15, 0.2) is 0 Å². The minimum Gasteiger partial charge on any atom is -0.322 e. The third-order valence-corrected chi connectivity index (χ3v) is 2.11. The van der Waals surface area contributed by atoms with Gasteiger partial charge in [-0.15, -0.1) is 11.8 Å². The van der Waals surface area contributed by atoms with E-state index >= 15 is 0 Å². The summed E-state index contributed by atoms with van der Waals surface area (Å²) < 4.78 is 1.94. The van der Waals surface area contributed by atoms with Gasteiger partial charge in [-0.2, -0.15) is 5.10 Å². The number of hydrogen-bond donors (Lipinski definition) is 1. The molecule has 2 N–H and O–H groups in total. The standard InChI is InChI=1S/C11H17N3/c1-4-6-7-10(12)11-8-9(3)13-14(11)5-2/h8,10H,5,7,12H2,1-3H3. The van der Waals surface area contributed by atoms with Crippen LogP contribution in [-0.2, 0) is 6.54 Å². The second-order valence-electron chi connectivity index (χ2n) is 3.26. The molecule has 1 rings (SSSR count). The largest absolute Gasteiger partial charge is 0.322 e. The molecule has 1 aromatic heterocycles. The molecule has 0 bridgehead atoms. The van der Waals surface area contributed by atoms with Crippen LogP contribution in [0.1, 0.15) is 37.7 Å². The Morgan fingerprint density at radius 1 is 1.64 bits per heavy atom. The van der Waals surface area contributed by atoms with Gasteiger partial charge < -0.3 is 5.73 Å². The molecule has 0 fully saturated rings. The van der Waals surface area contributed by atoms with E-state index < -0.39 is 0 Å². The van der Waals surface area contributed by atoms with Crippen molar-refractivity contribution in [2.24, 2.45) is 5.73 Å². The summed E-state index contributed by atoms with van der Waals surface area (Å²) in [7, 11) is 0. The Bertz CT molecular complexity index is 354. The van der Waals surface area contributed by atoms with Crippen LogP contribution in [0.2, 0.25) is 0 Å². The first kappa shape index (κ1) is 10.8. The fourth-order valence-corrected chi connectivity index (χ4v) is 1.43. The molecule has 3 nitrogen and oxygen atoms in total. The predicted molar refractivity (Wildman–Crippen MR) is 57.6 cm³/mol. The van der Waals surface area contributed by atoms with Crippen molar-refractivity contribution < 1.29 is 0 Å². The van der Waals surface area contributed by atoms with Crippen molar-refractivity contribution in [3.63, 3.8) is 0 Å². The summed E-state index contributed by atoms with van der Waals surface area (Å²) >= 11 is 0. The first-order valence-electron chi connectivity index (χ1n) is 4.88. The predicted octanol–water partition coefficient (Wildman–Crippen LogP) is 1.62. The quantitative estimate of drug-likeness (QED) is 0.738. The summed E-state index contributed by atoms with van der Waals surface area (Å²) in [5.41, 5.74) is 8.10. The van der Waals surface area contributed by atoms with Crippen LogP contribution in [0.25, 0.3) is 0 Å². The van der Waals surface area contributed by atoms with Gasteiger partial charge in [-0.1, -0.05) is 0 Å². The normalized spacial score (nSPS) is 12.0. The van der Waals surface area contributed by atoms with E-state index in [9.17, 15) is 0 Å². The van der Waals surface area contributed by atoms with Crippen LogP contribution in [-0.4, -0.2) is 9.78 Å². The van der Waals surface area contributed by atoms with E-state index in [0.29, 0.717) is 6.42 Å². The summed E-state index contributed by atoms with van der Waals surface area (Å²) in [6.07, 6.45) is 0.696. The van der Waals surface area contributed by atoms with Crippen molar-refractivity contribution in [1.82, 2.24) is 9.78 Å². The zero-order valence-electron chi connectivity index (χ0n) is 9.04. The Kier molecular flexibility index (Phi) is 3.73. The van der Waals surface area contributed by atoms with Crippen molar-refractivity contribution in [3.8, 4) is 11.8 Å². The number of nitrogens with two attached hydrogens (primary N) is 1. The molecule has 0 saturated carbocycles. The lowest BCUT2D eigenvalue weighted by Crippen LogP contribution is -2.15. The molecule has 1 atom stereocenters. The smallest absolute Gasteiger partial charge is 0.0597 e. The molecule has 0 spiro atoms. The summed E-state index contributed by atoms with van der Waals surface area (Å²) in [6, 6.07) is 2.01. The summed E-state index contributed by atoms with van der Waals surface area (Å²) in [4.78, 5) is 0. The molecule has 76 valence electrons. The zero-order chi connectivity index (χ0) is 10.6. The van der Waals surface area contributed by atoms with Gasteiger partial charge in [0.2, 0.25) is 0 Å². The van der Waals surface area contributed by atoms with E-state index in [1.165, 1.54) is 0 Å². The van der Waals surface area contributed by atoms with Gasteiger partial charge in [-0.25, -0.2) is 0 Å². The van der Waals surface area contributed by atoms with Gasteiger partial charge in [0.25, 0.3) is 0 Å². The lowest BCUT2D eigenvalue weighted by atomic mass is 10.1. The third-order valence-electron chi connectivity index (χ3n) is 2.11. The van der Waals surface area contributed by atoms with Crippen LogP contribution in [0.5, 0.6) is 0 Å². The Morgan fingerprint density at radius 2 is 2.36 bits per heavy atom. The van der Waals surface area contributed by atoms with E-state index in [4.69, 9.17) is 5.73 Å². The molecular formula is C11H17N3. The molecule has 1 unspecified atom stereocenters. The van der Waals surface area contributed by atoms with Gasteiger partial charge in [0.1, 0.15) is 0 Å². The molecule has 3 heteroatoms. The highest BCUT2D eigenvalue weighted by atomic mass is 15.3. The van der Waals surface area contributed by atoms with Gasteiger partial charge in [0, 0.05) is 13.0 Å². The van der Waals surface area contributed by atoms with Crippen LogP contribution in [0, 0.1) is 18.8 Å².